The van der Waals surface area contributed by atoms with Crippen molar-refractivity contribution in [1.82, 2.24) is 5.32 Å². The summed E-state index contributed by atoms with van der Waals surface area (Å²) in [5.41, 5.74) is 1.06. The monoisotopic (exact) mass is 313 g/mol. The predicted molar refractivity (Wildman–Crippen MR) is 80.7 cm³/mol. The molecule has 2 rings (SSSR count). The minimum absolute atomic E-state index is 0.0239. The van der Waals surface area contributed by atoms with Gasteiger partial charge in [-0.05, 0) is 17.7 Å². The van der Waals surface area contributed by atoms with Gasteiger partial charge < -0.3 is 14.8 Å². The third-order valence-electron chi connectivity index (χ3n) is 3.07. The fourth-order valence-electron chi connectivity index (χ4n) is 1.91. The Morgan fingerprint density at radius 2 is 2.14 bits per heavy atom. The smallest absolute Gasteiger partial charge is 0.220 e. The Balaban J connectivity index is 1.53. The van der Waals surface area contributed by atoms with Crippen LogP contribution in [-0.2, 0) is 20.0 Å². The van der Waals surface area contributed by atoms with Gasteiger partial charge in [-0.2, -0.15) is 11.8 Å². The number of carbonyl (C=O) groups is 1. The highest BCUT2D eigenvalue weighted by Crippen LogP contribution is 2.13. The zero-order valence-corrected chi connectivity index (χ0v) is 12.7. The summed E-state index contributed by atoms with van der Waals surface area (Å²) >= 11 is 1.66. The second kappa shape index (κ2) is 9.02. The van der Waals surface area contributed by atoms with Crippen LogP contribution in [0.15, 0.2) is 24.3 Å². The van der Waals surface area contributed by atoms with E-state index in [1.807, 2.05) is 0 Å². The molecule has 1 aliphatic rings. The van der Waals surface area contributed by atoms with Gasteiger partial charge in [0.25, 0.3) is 0 Å². The first kappa shape index (κ1) is 16.3. The van der Waals surface area contributed by atoms with Crippen molar-refractivity contribution in [1.29, 1.82) is 0 Å². The number of hydrogen-bond donors (Lipinski definition) is 1. The molecule has 0 aromatic heterocycles. The van der Waals surface area contributed by atoms with Crippen molar-refractivity contribution in [2.45, 2.75) is 18.3 Å². The number of rotatable bonds is 7. The summed E-state index contributed by atoms with van der Waals surface area (Å²) in [7, 11) is 0. The Bertz CT molecular complexity index is 435. The first-order chi connectivity index (χ1) is 10.2. The normalized spacial score (nSPS) is 18.4. The van der Waals surface area contributed by atoms with E-state index in [4.69, 9.17) is 9.47 Å². The van der Waals surface area contributed by atoms with Gasteiger partial charge in [-0.1, -0.05) is 12.1 Å². The predicted octanol–water partition coefficient (Wildman–Crippen LogP) is 1.98. The number of halogens is 1. The van der Waals surface area contributed by atoms with Gasteiger partial charge in [-0.3, -0.25) is 4.79 Å². The molecule has 0 aliphatic carbocycles. The number of carbonyl (C=O) groups excluding carboxylic acids is 1. The van der Waals surface area contributed by atoms with E-state index >= 15 is 0 Å². The van der Waals surface area contributed by atoms with E-state index in [1.165, 1.54) is 12.1 Å². The van der Waals surface area contributed by atoms with Crippen LogP contribution < -0.4 is 5.32 Å². The lowest BCUT2D eigenvalue weighted by molar-refractivity contribution is -0.123. The van der Waals surface area contributed by atoms with Crippen LogP contribution in [0.3, 0.4) is 0 Å². The van der Waals surface area contributed by atoms with E-state index in [2.05, 4.69) is 5.32 Å². The maximum absolute atomic E-state index is 12.7. The van der Waals surface area contributed by atoms with Gasteiger partial charge in [0, 0.05) is 24.5 Å². The van der Waals surface area contributed by atoms with Crippen molar-refractivity contribution < 1.29 is 18.7 Å². The van der Waals surface area contributed by atoms with Crippen molar-refractivity contribution in [3.63, 3.8) is 0 Å². The molecule has 1 heterocycles. The Kier molecular flexibility index (Phi) is 6.99. The van der Waals surface area contributed by atoms with Crippen molar-refractivity contribution in [2.75, 3.05) is 32.1 Å². The van der Waals surface area contributed by atoms with Crippen molar-refractivity contribution >= 4 is 17.7 Å². The van der Waals surface area contributed by atoms with Crippen LogP contribution in [0.4, 0.5) is 4.39 Å². The average Bonchev–Trinajstić information content (AvgIpc) is 2.52. The van der Waals surface area contributed by atoms with Crippen LogP contribution in [0.5, 0.6) is 0 Å². The van der Waals surface area contributed by atoms with E-state index in [0.717, 1.165) is 17.1 Å². The SMILES string of the molecule is O=C(CCSCc1ccc(F)cc1)NCC1COCCO1. The fraction of sp³-hybridized carbons (Fsp3) is 0.533. The van der Waals surface area contributed by atoms with Crippen molar-refractivity contribution in [3.8, 4) is 0 Å². The summed E-state index contributed by atoms with van der Waals surface area (Å²) in [6, 6.07) is 6.44. The quantitative estimate of drug-likeness (QED) is 0.782. The largest absolute Gasteiger partial charge is 0.376 e. The third kappa shape index (κ3) is 6.46. The van der Waals surface area contributed by atoms with Gasteiger partial charge in [0.05, 0.1) is 25.9 Å². The number of hydrogen-bond acceptors (Lipinski definition) is 4. The standard InChI is InChI=1S/C15H20FNO3S/c16-13-3-1-12(2-4-13)11-21-8-5-15(18)17-9-14-10-19-6-7-20-14/h1-4,14H,5-11H2,(H,17,18). The molecule has 1 aromatic rings. The fourth-order valence-corrected chi connectivity index (χ4v) is 2.81. The van der Waals surface area contributed by atoms with Crippen LogP contribution >= 0.6 is 11.8 Å². The number of nitrogens with one attached hydrogen (secondary N) is 1. The number of amides is 1. The lowest BCUT2D eigenvalue weighted by atomic mass is 10.2. The second-order valence-electron chi connectivity index (χ2n) is 4.80. The maximum Gasteiger partial charge on any atom is 0.220 e. The zero-order valence-electron chi connectivity index (χ0n) is 11.8. The molecule has 0 bridgehead atoms. The topological polar surface area (TPSA) is 47.6 Å². The molecule has 0 radical (unpaired) electrons. The lowest BCUT2D eigenvalue weighted by Crippen LogP contribution is -2.39. The van der Waals surface area contributed by atoms with E-state index in [1.54, 1.807) is 23.9 Å². The maximum atomic E-state index is 12.7. The minimum Gasteiger partial charge on any atom is -0.376 e. The van der Waals surface area contributed by atoms with Gasteiger partial charge in [-0.25, -0.2) is 4.39 Å². The van der Waals surface area contributed by atoms with Crippen LogP contribution in [-0.4, -0.2) is 44.1 Å². The highest BCUT2D eigenvalue weighted by Gasteiger charge is 2.14. The Morgan fingerprint density at radius 3 is 2.86 bits per heavy atom. The molecule has 1 fully saturated rings. The molecule has 1 aliphatic heterocycles. The first-order valence-corrected chi connectivity index (χ1v) is 8.18. The zero-order chi connectivity index (χ0) is 14.9. The molecular formula is C15H20FNO3S. The third-order valence-corrected chi connectivity index (χ3v) is 4.10. The van der Waals surface area contributed by atoms with Crippen molar-refractivity contribution in [3.05, 3.63) is 35.6 Å². The molecule has 1 saturated heterocycles. The van der Waals surface area contributed by atoms with Crippen LogP contribution in [0.1, 0.15) is 12.0 Å². The molecule has 6 heteroatoms. The molecule has 1 amide bonds. The van der Waals surface area contributed by atoms with Gasteiger partial charge >= 0.3 is 0 Å². The second-order valence-corrected chi connectivity index (χ2v) is 5.91. The van der Waals surface area contributed by atoms with Gasteiger partial charge in [0.15, 0.2) is 0 Å². The molecule has 21 heavy (non-hydrogen) atoms. The molecule has 0 saturated carbocycles. The molecule has 4 nitrogen and oxygen atoms in total. The Morgan fingerprint density at radius 1 is 1.33 bits per heavy atom. The van der Waals surface area contributed by atoms with Crippen LogP contribution in [0.25, 0.3) is 0 Å². The molecule has 0 spiro atoms. The molecular weight excluding hydrogens is 293 g/mol. The molecule has 116 valence electrons. The Labute approximate surface area is 128 Å². The summed E-state index contributed by atoms with van der Waals surface area (Å²) < 4.78 is 23.4. The summed E-state index contributed by atoms with van der Waals surface area (Å²) in [5.74, 6) is 1.33. The van der Waals surface area contributed by atoms with E-state index in [9.17, 15) is 9.18 Å². The van der Waals surface area contributed by atoms with Crippen LogP contribution in [0.2, 0.25) is 0 Å². The first-order valence-electron chi connectivity index (χ1n) is 7.02. The highest BCUT2D eigenvalue weighted by molar-refractivity contribution is 7.98. The van der Waals surface area contributed by atoms with E-state index < -0.39 is 0 Å². The summed E-state index contributed by atoms with van der Waals surface area (Å²) in [6.07, 6.45) is 0.439. The van der Waals surface area contributed by atoms with Crippen molar-refractivity contribution in [2.24, 2.45) is 0 Å². The lowest BCUT2D eigenvalue weighted by Gasteiger charge is -2.23. The Hall–Kier alpha value is -1.11. The molecule has 1 aromatic carbocycles. The van der Waals surface area contributed by atoms with Gasteiger partial charge in [-0.15, -0.1) is 0 Å². The number of benzene rings is 1. The van der Waals surface area contributed by atoms with Gasteiger partial charge in [0.1, 0.15) is 5.82 Å². The summed E-state index contributed by atoms with van der Waals surface area (Å²) in [4.78, 5) is 11.7. The van der Waals surface area contributed by atoms with E-state index in [-0.39, 0.29) is 17.8 Å². The number of ether oxygens (including phenoxy) is 2. The molecule has 1 atom stereocenters. The molecule has 1 N–H and O–H groups in total. The van der Waals surface area contributed by atoms with E-state index in [0.29, 0.717) is 32.8 Å². The van der Waals surface area contributed by atoms with Gasteiger partial charge in [0.2, 0.25) is 5.91 Å². The number of thioether (sulfide) groups is 1. The minimum atomic E-state index is -0.225. The summed E-state index contributed by atoms with van der Waals surface area (Å²) in [6.45, 7) is 2.26. The summed E-state index contributed by atoms with van der Waals surface area (Å²) in [5, 5.41) is 2.85. The highest BCUT2D eigenvalue weighted by atomic mass is 32.2. The average molecular weight is 313 g/mol. The van der Waals surface area contributed by atoms with Crippen LogP contribution in [0, 0.1) is 5.82 Å². The molecule has 1 unspecified atom stereocenters.